The van der Waals surface area contributed by atoms with Gasteiger partial charge in [0.1, 0.15) is 0 Å². The summed E-state index contributed by atoms with van der Waals surface area (Å²) in [4.78, 5) is 22.8. The molecule has 4 atom stereocenters. The average molecular weight is 289 g/mol. The van der Waals surface area contributed by atoms with Crippen LogP contribution in [0, 0.1) is 16.7 Å². The maximum Gasteiger partial charge on any atom is 0.303 e. The first-order chi connectivity index (χ1) is 7.33. The van der Waals surface area contributed by atoms with Gasteiger partial charge >= 0.3 is 5.97 Å². The first-order valence-electron chi connectivity index (χ1n) is 5.73. The Morgan fingerprint density at radius 2 is 2.19 bits per heavy atom. The van der Waals surface area contributed by atoms with Crippen molar-refractivity contribution >= 4 is 27.7 Å². The molecule has 0 unspecified atom stereocenters. The molecule has 0 saturated heterocycles. The molecule has 0 aromatic heterocycles. The van der Waals surface area contributed by atoms with Gasteiger partial charge in [-0.05, 0) is 30.6 Å². The van der Waals surface area contributed by atoms with Crippen molar-refractivity contribution in [3.63, 3.8) is 0 Å². The minimum absolute atomic E-state index is 0.0648. The smallest absolute Gasteiger partial charge is 0.303 e. The molecule has 3 nitrogen and oxygen atoms in total. The van der Waals surface area contributed by atoms with Crippen LogP contribution in [0.15, 0.2) is 0 Å². The lowest BCUT2D eigenvalue weighted by atomic mass is 9.66. The van der Waals surface area contributed by atoms with Crippen LogP contribution in [-0.4, -0.2) is 21.7 Å². The zero-order valence-corrected chi connectivity index (χ0v) is 11.2. The van der Waals surface area contributed by atoms with Crippen LogP contribution < -0.4 is 0 Å². The molecule has 1 N–H and O–H groups in total. The van der Waals surface area contributed by atoms with E-state index in [2.05, 4.69) is 22.9 Å². The zero-order valence-electron chi connectivity index (χ0n) is 9.62. The Bertz CT molecular complexity index is 354. The molecule has 90 valence electrons. The normalized spacial score (nSPS) is 46.3. The summed E-state index contributed by atoms with van der Waals surface area (Å²) in [6, 6.07) is 0. The molecule has 16 heavy (non-hydrogen) atoms. The molecule has 2 aliphatic rings. The van der Waals surface area contributed by atoms with Gasteiger partial charge in [0.15, 0.2) is 5.78 Å². The van der Waals surface area contributed by atoms with E-state index >= 15 is 0 Å². The van der Waals surface area contributed by atoms with Gasteiger partial charge in [-0.3, -0.25) is 9.59 Å². The third-order valence-electron chi connectivity index (χ3n) is 5.04. The van der Waals surface area contributed by atoms with E-state index in [1.54, 1.807) is 0 Å². The van der Waals surface area contributed by atoms with Crippen LogP contribution in [0.5, 0.6) is 0 Å². The van der Waals surface area contributed by atoms with Gasteiger partial charge in [0.05, 0.1) is 4.83 Å². The van der Waals surface area contributed by atoms with Crippen molar-refractivity contribution in [1.82, 2.24) is 0 Å². The maximum absolute atomic E-state index is 12.2. The Labute approximate surface area is 104 Å². The highest BCUT2D eigenvalue weighted by atomic mass is 79.9. The van der Waals surface area contributed by atoms with E-state index < -0.39 is 5.97 Å². The van der Waals surface area contributed by atoms with Gasteiger partial charge in [-0.25, -0.2) is 0 Å². The molecule has 0 aliphatic heterocycles. The monoisotopic (exact) mass is 288 g/mol. The molecule has 0 aromatic carbocycles. The second-order valence-electron chi connectivity index (χ2n) is 5.55. The highest BCUT2D eigenvalue weighted by molar-refractivity contribution is 9.10. The van der Waals surface area contributed by atoms with Crippen LogP contribution in [-0.2, 0) is 9.59 Å². The molecular formula is C12H17BrO3. The van der Waals surface area contributed by atoms with Crippen LogP contribution >= 0.6 is 15.9 Å². The van der Waals surface area contributed by atoms with E-state index in [1.165, 1.54) is 0 Å². The van der Waals surface area contributed by atoms with E-state index in [9.17, 15) is 9.59 Å². The van der Waals surface area contributed by atoms with Crippen molar-refractivity contribution in [2.24, 2.45) is 16.7 Å². The number of hydrogen-bond donors (Lipinski definition) is 1. The second-order valence-corrected chi connectivity index (χ2v) is 6.54. The van der Waals surface area contributed by atoms with Crippen molar-refractivity contribution in [2.45, 2.75) is 44.4 Å². The second kappa shape index (κ2) is 3.56. The first-order valence-corrected chi connectivity index (χ1v) is 6.65. The van der Waals surface area contributed by atoms with Crippen LogP contribution in [0.25, 0.3) is 0 Å². The molecule has 0 aromatic rings. The third kappa shape index (κ3) is 1.31. The van der Waals surface area contributed by atoms with Gasteiger partial charge in [-0.1, -0.05) is 29.8 Å². The minimum Gasteiger partial charge on any atom is -0.481 e. The lowest BCUT2D eigenvalue weighted by molar-refractivity contribution is -0.139. The fraction of sp³-hybridized carbons (Fsp3) is 0.833. The van der Waals surface area contributed by atoms with Crippen LogP contribution in [0.3, 0.4) is 0 Å². The third-order valence-corrected chi connectivity index (χ3v) is 6.09. The van der Waals surface area contributed by atoms with Crippen molar-refractivity contribution < 1.29 is 14.7 Å². The SMILES string of the molecule is C[C@]1(CCC(=O)O)[C@H]2CC[C@]1(C)C(=O)[C@H]2Br. The molecular weight excluding hydrogens is 272 g/mol. The number of halogens is 1. The number of carbonyl (C=O) groups is 2. The number of carboxylic acids is 1. The number of hydrogen-bond acceptors (Lipinski definition) is 2. The van der Waals surface area contributed by atoms with Crippen molar-refractivity contribution in [3.8, 4) is 0 Å². The number of ketones is 1. The quantitative estimate of drug-likeness (QED) is 0.813. The maximum atomic E-state index is 12.2. The Hall–Kier alpha value is -0.380. The highest BCUT2D eigenvalue weighted by Crippen LogP contribution is 2.67. The summed E-state index contributed by atoms with van der Waals surface area (Å²) >= 11 is 3.48. The number of carboxylic acid groups (broad SMARTS) is 1. The number of alkyl halides is 1. The molecule has 2 rings (SSSR count). The summed E-state index contributed by atoms with van der Waals surface area (Å²) in [6.45, 7) is 4.10. The Kier molecular flexibility index (Phi) is 2.69. The molecule has 2 saturated carbocycles. The van der Waals surface area contributed by atoms with Crippen LogP contribution in [0.1, 0.15) is 39.5 Å². The molecule has 0 heterocycles. The molecule has 2 fully saturated rings. The van der Waals surface area contributed by atoms with Gasteiger partial charge in [-0.2, -0.15) is 0 Å². The number of rotatable bonds is 3. The summed E-state index contributed by atoms with van der Waals surface area (Å²) in [5, 5.41) is 8.80. The molecule has 0 amide bonds. The van der Waals surface area contributed by atoms with Crippen molar-refractivity contribution in [1.29, 1.82) is 0 Å². The van der Waals surface area contributed by atoms with Gasteiger partial charge < -0.3 is 5.11 Å². The summed E-state index contributed by atoms with van der Waals surface area (Å²) in [7, 11) is 0. The van der Waals surface area contributed by atoms with Gasteiger partial charge in [-0.15, -0.1) is 0 Å². The Morgan fingerprint density at radius 1 is 1.56 bits per heavy atom. The fourth-order valence-electron chi connectivity index (χ4n) is 3.65. The standard InChI is InChI=1S/C12H17BrO3/c1-11(6-4-8(14)15)7-3-5-12(11,2)10(16)9(7)13/h7,9H,3-6H2,1-2H3,(H,14,15)/t7-,9-,11-,12+/m0/s1. The molecule has 2 aliphatic carbocycles. The van der Waals surface area contributed by atoms with Crippen LogP contribution in [0.2, 0.25) is 0 Å². The summed E-state index contributed by atoms with van der Waals surface area (Å²) in [6.07, 6.45) is 2.72. The lowest BCUT2D eigenvalue weighted by Crippen LogP contribution is -2.35. The molecule has 4 heteroatoms. The Balaban J connectivity index is 2.28. The van der Waals surface area contributed by atoms with E-state index in [0.717, 1.165) is 12.8 Å². The fourth-order valence-corrected chi connectivity index (χ4v) is 5.00. The molecule has 2 bridgehead atoms. The topological polar surface area (TPSA) is 54.4 Å². The number of carbonyl (C=O) groups excluding carboxylic acids is 1. The van der Waals surface area contributed by atoms with E-state index in [-0.39, 0.29) is 27.9 Å². The summed E-state index contributed by atoms with van der Waals surface area (Å²) < 4.78 is 0. The van der Waals surface area contributed by atoms with Gasteiger partial charge in [0.25, 0.3) is 0 Å². The average Bonchev–Trinajstić information content (AvgIpc) is 2.54. The molecule has 0 radical (unpaired) electrons. The predicted molar refractivity (Wildman–Crippen MR) is 63.5 cm³/mol. The predicted octanol–water partition coefficient (Wildman–Crippen LogP) is 2.62. The highest BCUT2D eigenvalue weighted by Gasteiger charge is 2.67. The Morgan fingerprint density at radius 3 is 2.62 bits per heavy atom. The van der Waals surface area contributed by atoms with E-state index in [0.29, 0.717) is 12.3 Å². The molecule has 0 spiro atoms. The number of fused-ring (bicyclic) bond motifs is 2. The lowest BCUT2D eigenvalue weighted by Gasteiger charge is -2.36. The van der Waals surface area contributed by atoms with E-state index in [1.807, 2.05) is 6.92 Å². The van der Waals surface area contributed by atoms with Gasteiger partial charge in [0.2, 0.25) is 0 Å². The number of aliphatic carboxylic acids is 1. The first kappa shape index (κ1) is 12.1. The van der Waals surface area contributed by atoms with Gasteiger partial charge in [0, 0.05) is 11.8 Å². The summed E-state index contributed by atoms with van der Waals surface area (Å²) in [5.74, 6) is -0.185. The largest absolute Gasteiger partial charge is 0.481 e. The minimum atomic E-state index is -0.769. The zero-order chi connectivity index (χ0) is 12.1. The summed E-state index contributed by atoms with van der Waals surface area (Å²) in [5.41, 5.74) is -0.460. The van der Waals surface area contributed by atoms with Crippen molar-refractivity contribution in [2.75, 3.05) is 0 Å². The van der Waals surface area contributed by atoms with E-state index in [4.69, 9.17) is 5.11 Å². The van der Waals surface area contributed by atoms with Crippen LogP contribution in [0.4, 0.5) is 0 Å². The number of Topliss-reactive ketones (excluding diaryl/α,β-unsaturated/α-hetero) is 1. The van der Waals surface area contributed by atoms with Crippen molar-refractivity contribution in [3.05, 3.63) is 0 Å².